The van der Waals surface area contributed by atoms with Crippen molar-refractivity contribution in [3.05, 3.63) is 46.3 Å². The summed E-state index contributed by atoms with van der Waals surface area (Å²) < 4.78 is 10.6. The lowest BCUT2D eigenvalue weighted by Gasteiger charge is -2.09. The molecular weight excluding hydrogens is 246 g/mol. The van der Waals surface area contributed by atoms with E-state index in [0.717, 1.165) is 16.8 Å². The Morgan fingerprint density at radius 3 is 2.68 bits per heavy atom. The zero-order valence-electron chi connectivity index (χ0n) is 11.1. The Hall–Kier alpha value is -2.30. The monoisotopic (exact) mass is 261 g/mol. The molecule has 19 heavy (non-hydrogen) atoms. The summed E-state index contributed by atoms with van der Waals surface area (Å²) in [5.41, 5.74) is 2.63. The number of hydrogen-bond acceptors (Lipinski definition) is 4. The van der Waals surface area contributed by atoms with Gasteiger partial charge in [0.25, 0.3) is 0 Å². The highest BCUT2D eigenvalue weighted by atomic mass is 16.5. The molecule has 5 nitrogen and oxygen atoms in total. The lowest BCUT2D eigenvalue weighted by atomic mass is 10.1. The fourth-order valence-corrected chi connectivity index (χ4v) is 1.79. The van der Waals surface area contributed by atoms with Gasteiger partial charge in [0.1, 0.15) is 23.7 Å². The number of carboxylic acids is 1. The summed E-state index contributed by atoms with van der Waals surface area (Å²) in [6.45, 7) is 5.70. The molecule has 0 fully saturated rings. The predicted octanol–water partition coefficient (Wildman–Crippen LogP) is 2.88. The van der Waals surface area contributed by atoms with Crippen LogP contribution < -0.4 is 4.74 Å². The average Bonchev–Trinajstić information content (AvgIpc) is 2.68. The Balaban J connectivity index is 2.23. The largest absolute Gasteiger partial charge is 0.488 e. The van der Waals surface area contributed by atoms with Crippen LogP contribution >= 0.6 is 0 Å². The van der Waals surface area contributed by atoms with Crippen LogP contribution in [0.4, 0.5) is 0 Å². The Morgan fingerprint density at radius 1 is 1.37 bits per heavy atom. The van der Waals surface area contributed by atoms with Crippen molar-refractivity contribution in [2.45, 2.75) is 27.4 Å². The third-order valence-corrected chi connectivity index (χ3v) is 2.92. The molecule has 0 aliphatic heterocycles. The van der Waals surface area contributed by atoms with Gasteiger partial charge in [0.2, 0.25) is 0 Å². The fraction of sp³-hybridized carbons (Fsp3) is 0.286. The van der Waals surface area contributed by atoms with Gasteiger partial charge in [-0.05, 0) is 32.9 Å². The molecule has 1 heterocycles. The lowest BCUT2D eigenvalue weighted by molar-refractivity contribution is 0.0691. The highest BCUT2D eigenvalue weighted by Crippen LogP contribution is 2.22. The molecule has 0 spiro atoms. The maximum Gasteiger partial charge on any atom is 0.339 e. The summed E-state index contributed by atoms with van der Waals surface area (Å²) in [4.78, 5) is 11.2. The lowest BCUT2D eigenvalue weighted by Crippen LogP contribution is -2.04. The third-order valence-electron chi connectivity index (χ3n) is 2.92. The van der Waals surface area contributed by atoms with Crippen molar-refractivity contribution in [2.24, 2.45) is 0 Å². The summed E-state index contributed by atoms with van der Waals surface area (Å²) in [6.07, 6.45) is 0. The highest BCUT2D eigenvalue weighted by Gasteiger charge is 2.14. The van der Waals surface area contributed by atoms with E-state index in [-0.39, 0.29) is 12.2 Å². The van der Waals surface area contributed by atoms with Crippen LogP contribution in [0.1, 0.15) is 32.9 Å². The first-order valence-corrected chi connectivity index (χ1v) is 5.87. The second kappa shape index (κ2) is 5.14. The molecular formula is C14H15NO4. The van der Waals surface area contributed by atoms with Crippen LogP contribution in [0.15, 0.2) is 22.7 Å². The molecule has 1 aromatic heterocycles. The molecule has 0 bridgehead atoms. The number of ether oxygens (including phenoxy) is 1. The normalized spacial score (nSPS) is 10.5. The van der Waals surface area contributed by atoms with Crippen LogP contribution in [-0.4, -0.2) is 16.2 Å². The molecule has 0 amide bonds. The molecule has 0 saturated carbocycles. The van der Waals surface area contributed by atoms with E-state index in [4.69, 9.17) is 14.4 Å². The minimum Gasteiger partial charge on any atom is -0.488 e. The van der Waals surface area contributed by atoms with Gasteiger partial charge < -0.3 is 14.4 Å². The first-order valence-electron chi connectivity index (χ1n) is 5.87. The molecule has 0 aliphatic rings. The summed E-state index contributed by atoms with van der Waals surface area (Å²) in [5, 5.41) is 13.0. The topological polar surface area (TPSA) is 72.6 Å². The molecule has 0 radical (unpaired) electrons. The molecule has 0 aliphatic carbocycles. The van der Waals surface area contributed by atoms with Gasteiger partial charge in [-0.25, -0.2) is 4.79 Å². The first-order chi connectivity index (χ1) is 8.99. The van der Waals surface area contributed by atoms with Gasteiger partial charge in [-0.15, -0.1) is 0 Å². The number of carboxylic acid groups (broad SMARTS) is 1. The fourth-order valence-electron chi connectivity index (χ4n) is 1.79. The first kappa shape index (κ1) is 13.1. The quantitative estimate of drug-likeness (QED) is 0.916. The number of benzene rings is 1. The maximum atomic E-state index is 11.2. The van der Waals surface area contributed by atoms with E-state index in [2.05, 4.69) is 5.16 Å². The number of hydrogen-bond donors (Lipinski definition) is 1. The van der Waals surface area contributed by atoms with Crippen LogP contribution in [0.2, 0.25) is 0 Å². The number of aromatic nitrogens is 1. The molecule has 0 saturated heterocycles. The molecule has 1 aromatic carbocycles. The smallest absolute Gasteiger partial charge is 0.339 e. The Bertz CT molecular complexity index is 596. The second-order valence-electron chi connectivity index (χ2n) is 4.40. The average molecular weight is 261 g/mol. The van der Waals surface area contributed by atoms with Crippen LogP contribution in [-0.2, 0) is 6.61 Å². The van der Waals surface area contributed by atoms with E-state index in [1.165, 1.54) is 0 Å². The molecule has 0 atom stereocenters. The van der Waals surface area contributed by atoms with E-state index in [0.29, 0.717) is 11.5 Å². The minimum atomic E-state index is -1.00. The van der Waals surface area contributed by atoms with Gasteiger partial charge in [-0.1, -0.05) is 16.8 Å². The Labute approximate surface area is 110 Å². The molecule has 2 rings (SSSR count). The number of aromatic carboxylic acids is 1. The molecule has 0 unspecified atom stereocenters. The van der Waals surface area contributed by atoms with Gasteiger partial charge in [0.05, 0.1) is 11.3 Å². The standard InChI is InChI=1S/C14H15NO4/c1-8-4-5-13(11(6-8)14(16)17)18-7-12-9(2)15-19-10(12)3/h4-6H,7H2,1-3H3,(H,16,17). The summed E-state index contributed by atoms with van der Waals surface area (Å²) >= 11 is 0. The zero-order chi connectivity index (χ0) is 14.0. The molecule has 5 heteroatoms. The second-order valence-corrected chi connectivity index (χ2v) is 4.40. The summed E-state index contributed by atoms with van der Waals surface area (Å²) in [7, 11) is 0. The summed E-state index contributed by atoms with van der Waals surface area (Å²) in [6, 6.07) is 5.07. The van der Waals surface area contributed by atoms with Crippen molar-refractivity contribution >= 4 is 5.97 Å². The molecule has 2 aromatic rings. The van der Waals surface area contributed by atoms with E-state index < -0.39 is 5.97 Å². The Kier molecular flexibility index (Phi) is 3.55. The van der Waals surface area contributed by atoms with Gasteiger partial charge in [0, 0.05) is 0 Å². The van der Waals surface area contributed by atoms with Gasteiger partial charge in [-0.2, -0.15) is 0 Å². The third kappa shape index (κ3) is 2.76. The summed E-state index contributed by atoms with van der Waals surface area (Å²) in [5.74, 6) is 0.0250. The van der Waals surface area contributed by atoms with Crippen molar-refractivity contribution in [3.63, 3.8) is 0 Å². The van der Waals surface area contributed by atoms with Crippen LogP contribution in [0.3, 0.4) is 0 Å². The SMILES string of the molecule is Cc1ccc(OCc2c(C)noc2C)c(C(=O)O)c1. The van der Waals surface area contributed by atoms with E-state index in [9.17, 15) is 4.79 Å². The maximum absolute atomic E-state index is 11.2. The number of rotatable bonds is 4. The number of carbonyl (C=O) groups is 1. The van der Waals surface area contributed by atoms with Crippen molar-refractivity contribution < 1.29 is 19.2 Å². The Morgan fingerprint density at radius 2 is 2.11 bits per heavy atom. The molecule has 1 N–H and O–H groups in total. The van der Waals surface area contributed by atoms with Crippen LogP contribution in [0, 0.1) is 20.8 Å². The molecule has 100 valence electrons. The van der Waals surface area contributed by atoms with E-state index >= 15 is 0 Å². The zero-order valence-corrected chi connectivity index (χ0v) is 11.1. The number of nitrogens with zero attached hydrogens (tertiary/aromatic N) is 1. The van der Waals surface area contributed by atoms with Crippen molar-refractivity contribution in [3.8, 4) is 5.75 Å². The van der Waals surface area contributed by atoms with Crippen molar-refractivity contribution in [1.29, 1.82) is 0 Å². The predicted molar refractivity (Wildman–Crippen MR) is 68.4 cm³/mol. The van der Waals surface area contributed by atoms with Gasteiger partial charge in [-0.3, -0.25) is 0 Å². The van der Waals surface area contributed by atoms with Gasteiger partial charge >= 0.3 is 5.97 Å². The van der Waals surface area contributed by atoms with E-state index in [1.807, 2.05) is 19.9 Å². The van der Waals surface area contributed by atoms with Crippen LogP contribution in [0.25, 0.3) is 0 Å². The van der Waals surface area contributed by atoms with Crippen LogP contribution in [0.5, 0.6) is 5.75 Å². The van der Waals surface area contributed by atoms with Crippen molar-refractivity contribution in [1.82, 2.24) is 5.16 Å². The van der Waals surface area contributed by atoms with Crippen molar-refractivity contribution in [2.75, 3.05) is 0 Å². The minimum absolute atomic E-state index is 0.159. The van der Waals surface area contributed by atoms with E-state index in [1.54, 1.807) is 19.1 Å². The highest BCUT2D eigenvalue weighted by molar-refractivity contribution is 5.91. The van der Waals surface area contributed by atoms with Gasteiger partial charge in [0.15, 0.2) is 0 Å². The number of aryl methyl sites for hydroxylation is 3.